The van der Waals surface area contributed by atoms with E-state index in [1.54, 1.807) is 12.1 Å². The van der Waals surface area contributed by atoms with Crippen LogP contribution in [0.5, 0.6) is 5.75 Å². The summed E-state index contributed by atoms with van der Waals surface area (Å²) in [4.78, 5) is 9.58. The van der Waals surface area contributed by atoms with E-state index in [4.69, 9.17) is 22.1 Å². The van der Waals surface area contributed by atoms with Crippen molar-refractivity contribution in [3.8, 4) is 5.75 Å². The monoisotopic (exact) mass is 329 g/mol. The van der Waals surface area contributed by atoms with Gasteiger partial charge in [-0.3, -0.25) is 5.43 Å². The van der Waals surface area contributed by atoms with Gasteiger partial charge in [0.15, 0.2) is 0 Å². The second-order valence-electron chi connectivity index (χ2n) is 3.82. The van der Waals surface area contributed by atoms with Crippen molar-refractivity contribution in [1.29, 1.82) is 0 Å². The number of nitrogens with two attached hydrogens (primary N) is 1. The van der Waals surface area contributed by atoms with Crippen LogP contribution < -0.4 is 20.7 Å². The van der Waals surface area contributed by atoms with Crippen LogP contribution in [0.15, 0.2) is 35.2 Å². The fourth-order valence-corrected chi connectivity index (χ4v) is 2.73. The van der Waals surface area contributed by atoms with Gasteiger partial charge in [0, 0.05) is 6.07 Å². The highest BCUT2D eigenvalue weighted by Crippen LogP contribution is 2.22. The van der Waals surface area contributed by atoms with Gasteiger partial charge in [-0.1, -0.05) is 23.7 Å². The molecular weight excluding hydrogens is 318 g/mol. The van der Waals surface area contributed by atoms with E-state index in [-0.39, 0.29) is 27.6 Å². The number of nitrogens with one attached hydrogen (secondary N) is 2. The standard InChI is InChI=1S/C11H12ClN5O3S/c1-20-7-4-2-3-5-8(7)21(18,19)17-16-10-6-9(12)14-11(13)15-10/h2-6,17H,1H3,(H3,13,14,15,16). The number of anilines is 2. The maximum atomic E-state index is 12.2. The molecule has 4 N–H and O–H groups in total. The number of sulfonamides is 1. The van der Waals surface area contributed by atoms with Gasteiger partial charge in [-0.25, -0.2) is 13.4 Å². The summed E-state index contributed by atoms with van der Waals surface area (Å²) in [7, 11) is -2.48. The van der Waals surface area contributed by atoms with E-state index in [1.165, 1.54) is 25.3 Å². The summed E-state index contributed by atoms with van der Waals surface area (Å²) in [6.45, 7) is 0. The molecule has 0 amide bonds. The van der Waals surface area contributed by atoms with Crippen LogP contribution in [-0.4, -0.2) is 25.5 Å². The Labute approximate surface area is 126 Å². The lowest BCUT2D eigenvalue weighted by atomic mass is 10.3. The van der Waals surface area contributed by atoms with Gasteiger partial charge in [-0.05, 0) is 12.1 Å². The Bertz CT molecular complexity index is 733. The fraction of sp³-hybridized carbons (Fsp3) is 0.0909. The van der Waals surface area contributed by atoms with Crippen molar-refractivity contribution in [2.24, 2.45) is 0 Å². The van der Waals surface area contributed by atoms with Crippen molar-refractivity contribution < 1.29 is 13.2 Å². The number of para-hydroxylation sites is 1. The summed E-state index contributed by atoms with van der Waals surface area (Å²) in [5.41, 5.74) is 7.82. The van der Waals surface area contributed by atoms with Gasteiger partial charge in [0.2, 0.25) is 5.95 Å². The van der Waals surface area contributed by atoms with Gasteiger partial charge < -0.3 is 10.5 Å². The maximum absolute atomic E-state index is 12.2. The van der Waals surface area contributed by atoms with Crippen molar-refractivity contribution in [2.75, 3.05) is 18.3 Å². The molecule has 21 heavy (non-hydrogen) atoms. The first-order valence-electron chi connectivity index (χ1n) is 5.63. The van der Waals surface area contributed by atoms with Crippen molar-refractivity contribution in [1.82, 2.24) is 14.8 Å². The second kappa shape index (κ2) is 6.12. The van der Waals surface area contributed by atoms with Crippen LogP contribution in [0.2, 0.25) is 5.15 Å². The number of hydrogen-bond donors (Lipinski definition) is 3. The van der Waals surface area contributed by atoms with E-state index >= 15 is 0 Å². The van der Waals surface area contributed by atoms with Crippen LogP contribution in [-0.2, 0) is 10.0 Å². The summed E-state index contributed by atoms with van der Waals surface area (Å²) in [5, 5.41) is 0.0847. The number of hydrogen-bond acceptors (Lipinski definition) is 7. The molecule has 1 heterocycles. The minimum Gasteiger partial charge on any atom is -0.495 e. The number of benzene rings is 1. The predicted octanol–water partition coefficient (Wildman–Crippen LogP) is 1.03. The minimum absolute atomic E-state index is 0.0203. The SMILES string of the molecule is COc1ccccc1S(=O)(=O)NNc1cc(Cl)nc(N)n1. The average Bonchev–Trinajstić information content (AvgIpc) is 2.44. The quantitative estimate of drug-likeness (QED) is 0.553. The molecule has 0 radical (unpaired) electrons. The van der Waals surface area contributed by atoms with Crippen molar-refractivity contribution in [3.63, 3.8) is 0 Å². The lowest BCUT2D eigenvalue weighted by Crippen LogP contribution is -2.30. The van der Waals surface area contributed by atoms with Crippen molar-refractivity contribution in [3.05, 3.63) is 35.5 Å². The molecule has 0 unspecified atom stereocenters. The normalized spacial score (nSPS) is 11.1. The molecule has 8 nitrogen and oxygen atoms in total. The van der Waals surface area contributed by atoms with E-state index < -0.39 is 10.0 Å². The number of ether oxygens (including phenoxy) is 1. The van der Waals surface area contributed by atoms with Gasteiger partial charge in [-0.2, -0.15) is 4.98 Å². The molecule has 0 fully saturated rings. The van der Waals surface area contributed by atoms with Gasteiger partial charge in [0.25, 0.3) is 10.0 Å². The highest BCUT2D eigenvalue weighted by molar-refractivity contribution is 7.89. The zero-order valence-electron chi connectivity index (χ0n) is 10.9. The van der Waals surface area contributed by atoms with Gasteiger partial charge >= 0.3 is 0 Å². The van der Waals surface area contributed by atoms with Crippen LogP contribution >= 0.6 is 11.6 Å². The Morgan fingerprint density at radius 3 is 2.67 bits per heavy atom. The van der Waals surface area contributed by atoms with Crippen LogP contribution in [0.3, 0.4) is 0 Å². The summed E-state index contributed by atoms with van der Waals surface area (Å²) in [6, 6.07) is 7.51. The molecule has 0 aliphatic heterocycles. The number of hydrazine groups is 1. The second-order valence-corrected chi connectivity index (χ2v) is 5.85. The molecule has 0 aliphatic carbocycles. The zero-order valence-corrected chi connectivity index (χ0v) is 12.4. The zero-order chi connectivity index (χ0) is 15.5. The van der Waals surface area contributed by atoms with Gasteiger partial charge in [-0.15, -0.1) is 4.83 Å². The van der Waals surface area contributed by atoms with E-state index in [0.29, 0.717) is 0 Å². The third kappa shape index (κ3) is 3.72. The lowest BCUT2D eigenvalue weighted by Gasteiger charge is -2.11. The van der Waals surface area contributed by atoms with Gasteiger partial charge in [0.05, 0.1) is 7.11 Å². The topological polar surface area (TPSA) is 119 Å². The number of aromatic nitrogens is 2. The first kappa shape index (κ1) is 15.3. The first-order valence-corrected chi connectivity index (χ1v) is 7.49. The summed E-state index contributed by atoms with van der Waals surface area (Å²) in [6.07, 6.45) is 0. The van der Waals surface area contributed by atoms with Crippen molar-refractivity contribution in [2.45, 2.75) is 4.90 Å². The molecule has 0 spiro atoms. The molecule has 1 aromatic heterocycles. The first-order chi connectivity index (χ1) is 9.92. The Hall–Kier alpha value is -2.10. The summed E-state index contributed by atoms with van der Waals surface area (Å²) in [5.74, 6) is 0.250. The number of methoxy groups -OCH3 is 1. The summed E-state index contributed by atoms with van der Waals surface area (Å²) >= 11 is 5.70. The Morgan fingerprint density at radius 2 is 2.00 bits per heavy atom. The van der Waals surface area contributed by atoms with Gasteiger partial charge in [0.1, 0.15) is 21.6 Å². The van der Waals surface area contributed by atoms with E-state index in [9.17, 15) is 8.42 Å². The molecule has 2 aromatic rings. The lowest BCUT2D eigenvalue weighted by molar-refractivity contribution is 0.402. The fourth-order valence-electron chi connectivity index (χ4n) is 1.51. The molecular formula is C11H12ClN5O3S. The highest BCUT2D eigenvalue weighted by atomic mass is 35.5. The average molecular weight is 330 g/mol. The van der Waals surface area contributed by atoms with Crippen LogP contribution in [0, 0.1) is 0 Å². The molecule has 0 saturated heterocycles. The highest BCUT2D eigenvalue weighted by Gasteiger charge is 2.18. The largest absolute Gasteiger partial charge is 0.495 e. The smallest absolute Gasteiger partial charge is 0.261 e. The molecule has 0 atom stereocenters. The van der Waals surface area contributed by atoms with Crippen LogP contribution in [0.4, 0.5) is 11.8 Å². The number of nitrogen functional groups attached to an aromatic ring is 1. The van der Waals surface area contributed by atoms with E-state index in [1.807, 2.05) is 0 Å². The number of halogens is 1. The third-order valence-corrected chi connectivity index (χ3v) is 3.86. The Morgan fingerprint density at radius 1 is 1.29 bits per heavy atom. The van der Waals surface area contributed by atoms with Crippen LogP contribution in [0.1, 0.15) is 0 Å². The number of rotatable bonds is 5. The third-order valence-electron chi connectivity index (χ3n) is 2.38. The molecule has 112 valence electrons. The molecule has 2 rings (SSSR count). The summed E-state index contributed by atoms with van der Waals surface area (Å²) < 4.78 is 29.4. The molecule has 10 heteroatoms. The minimum atomic E-state index is -3.86. The molecule has 1 aromatic carbocycles. The number of nitrogens with zero attached hydrogens (tertiary/aromatic N) is 2. The van der Waals surface area contributed by atoms with Crippen LogP contribution in [0.25, 0.3) is 0 Å². The van der Waals surface area contributed by atoms with Crippen molar-refractivity contribution >= 4 is 33.4 Å². The van der Waals surface area contributed by atoms with E-state index in [0.717, 1.165) is 0 Å². The van der Waals surface area contributed by atoms with E-state index in [2.05, 4.69) is 20.2 Å². The maximum Gasteiger partial charge on any atom is 0.261 e. The predicted molar refractivity (Wildman–Crippen MR) is 78.4 cm³/mol. The molecule has 0 bridgehead atoms. The Balaban J connectivity index is 2.22. The molecule has 0 aliphatic rings. The molecule has 0 saturated carbocycles. The Kier molecular flexibility index (Phi) is 4.46.